The molecule has 3 heterocycles. The molecule has 0 bridgehead atoms. The van der Waals surface area contributed by atoms with E-state index >= 15 is 0 Å². The van der Waals surface area contributed by atoms with Crippen molar-refractivity contribution in [1.82, 2.24) is 15.0 Å². The molecule has 1 fully saturated rings. The fraction of sp³-hybridized carbons (Fsp3) is 0.462. The quantitative estimate of drug-likeness (QED) is 0.798. The highest BCUT2D eigenvalue weighted by Crippen LogP contribution is 2.24. The molecule has 1 amide bonds. The summed E-state index contributed by atoms with van der Waals surface area (Å²) in [4.78, 5) is 18.8. The second kappa shape index (κ2) is 4.85. The van der Waals surface area contributed by atoms with Crippen LogP contribution in [0.2, 0.25) is 0 Å². The summed E-state index contributed by atoms with van der Waals surface area (Å²) in [6.45, 7) is 5.30. The Hall–Kier alpha value is -1.56. The Labute approximate surface area is 115 Å². The van der Waals surface area contributed by atoms with E-state index in [1.54, 1.807) is 0 Å². The predicted molar refractivity (Wildman–Crippen MR) is 74.5 cm³/mol. The van der Waals surface area contributed by atoms with E-state index in [1.807, 2.05) is 36.6 Å². The van der Waals surface area contributed by atoms with Gasteiger partial charge in [-0.15, -0.1) is 0 Å². The van der Waals surface area contributed by atoms with E-state index in [-0.39, 0.29) is 5.91 Å². The van der Waals surface area contributed by atoms with Crippen molar-refractivity contribution in [2.45, 2.75) is 13.8 Å². The van der Waals surface area contributed by atoms with Crippen molar-refractivity contribution in [2.24, 2.45) is 0 Å². The summed E-state index contributed by atoms with van der Waals surface area (Å²) in [6, 6.07) is 1.83. The Morgan fingerprint density at radius 1 is 1.37 bits per heavy atom. The molecule has 19 heavy (non-hydrogen) atoms. The summed E-state index contributed by atoms with van der Waals surface area (Å²) < 4.78 is 5.17. The first-order chi connectivity index (χ1) is 9.16. The number of fused-ring (bicyclic) bond motifs is 1. The van der Waals surface area contributed by atoms with Crippen LogP contribution in [0.3, 0.4) is 0 Å². The number of carbonyl (C=O) groups is 1. The third-order valence-corrected chi connectivity index (χ3v) is 4.22. The average molecular weight is 277 g/mol. The van der Waals surface area contributed by atoms with E-state index in [0.29, 0.717) is 11.3 Å². The summed E-state index contributed by atoms with van der Waals surface area (Å²) in [5.74, 6) is 2.06. The normalized spacial score (nSPS) is 16.0. The Balaban J connectivity index is 2.07. The number of hydrogen-bond acceptors (Lipinski definition) is 5. The lowest BCUT2D eigenvalue weighted by atomic mass is 10.1. The molecule has 0 saturated carbocycles. The summed E-state index contributed by atoms with van der Waals surface area (Å²) in [7, 11) is 0. The van der Waals surface area contributed by atoms with Crippen LogP contribution in [0.4, 0.5) is 0 Å². The van der Waals surface area contributed by atoms with Gasteiger partial charge in [-0.05, 0) is 19.9 Å². The van der Waals surface area contributed by atoms with Crippen molar-refractivity contribution >= 4 is 28.8 Å². The van der Waals surface area contributed by atoms with Crippen LogP contribution in [0.25, 0.3) is 11.1 Å². The first kappa shape index (κ1) is 12.5. The number of rotatable bonds is 1. The van der Waals surface area contributed by atoms with Crippen molar-refractivity contribution in [3.8, 4) is 0 Å². The van der Waals surface area contributed by atoms with Crippen LogP contribution in [0.5, 0.6) is 0 Å². The first-order valence-electron chi connectivity index (χ1n) is 6.27. The molecular weight excluding hydrogens is 262 g/mol. The molecule has 0 aliphatic carbocycles. The SMILES string of the molecule is Cc1cc(C(=O)N2CCSCC2)c2c(C)noc2n1. The highest BCUT2D eigenvalue weighted by molar-refractivity contribution is 7.99. The fourth-order valence-corrected chi connectivity index (χ4v) is 3.23. The molecule has 6 heteroatoms. The molecule has 2 aromatic rings. The molecule has 0 N–H and O–H groups in total. The number of aryl methyl sites for hydroxylation is 2. The van der Waals surface area contributed by atoms with Crippen molar-refractivity contribution in [2.75, 3.05) is 24.6 Å². The van der Waals surface area contributed by atoms with Crippen LogP contribution in [0.1, 0.15) is 21.7 Å². The van der Waals surface area contributed by atoms with Gasteiger partial charge in [0.1, 0.15) is 0 Å². The van der Waals surface area contributed by atoms with Gasteiger partial charge in [-0.3, -0.25) is 4.79 Å². The molecule has 0 aromatic carbocycles. The maximum atomic E-state index is 12.6. The number of thioether (sulfide) groups is 1. The minimum absolute atomic E-state index is 0.0575. The van der Waals surface area contributed by atoms with E-state index in [1.165, 1.54) is 0 Å². The van der Waals surface area contributed by atoms with Gasteiger partial charge in [0.15, 0.2) is 0 Å². The molecule has 1 aliphatic rings. The number of pyridine rings is 1. The third-order valence-electron chi connectivity index (χ3n) is 3.27. The largest absolute Gasteiger partial charge is 0.337 e. The van der Waals surface area contributed by atoms with Gasteiger partial charge < -0.3 is 9.42 Å². The van der Waals surface area contributed by atoms with Crippen molar-refractivity contribution in [3.63, 3.8) is 0 Å². The molecule has 0 unspecified atom stereocenters. The zero-order valence-corrected chi connectivity index (χ0v) is 11.8. The molecular formula is C13H15N3O2S. The maximum Gasteiger partial charge on any atom is 0.258 e. The van der Waals surface area contributed by atoms with E-state index in [0.717, 1.165) is 41.4 Å². The second-order valence-corrected chi connectivity index (χ2v) is 5.89. The predicted octanol–water partition coefficient (Wildman–Crippen LogP) is 2.03. The van der Waals surface area contributed by atoms with Gasteiger partial charge >= 0.3 is 0 Å². The summed E-state index contributed by atoms with van der Waals surface area (Å²) >= 11 is 1.89. The molecule has 2 aromatic heterocycles. The number of aromatic nitrogens is 2. The molecule has 0 spiro atoms. The number of amides is 1. The average Bonchev–Trinajstić information content (AvgIpc) is 2.79. The van der Waals surface area contributed by atoms with Gasteiger partial charge in [0.05, 0.1) is 16.6 Å². The highest BCUT2D eigenvalue weighted by atomic mass is 32.2. The zero-order chi connectivity index (χ0) is 13.4. The molecule has 5 nitrogen and oxygen atoms in total. The Bertz CT molecular complexity index is 632. The van der Waals surface area contributed by atoms with Gasteiger partial charge in [0.25, 0.3) is 11.6 Å². The van der Waals surface area contributed by atoms with Crippen LogP contribution in [0.15, 0.2) is 10.6 Å². The van der Waals surface area contributed by atoms with Crippen LogP contribution in [-0.2, 0) is 0 Å². The van der Waals surface area contributed by atoms with E-state index in [2.05, 4.69) is 10.1 Å². The lowest BCUT2D eigenvalue weighted by Crippen LogP contribution is -2.38. The molecule has 0 radical (unpaired) electrons. The lowest BCUT2D eigenvalue weighted by molar-refractivity contribution is 0.0774. The monoisotopic (exact) mass is 277 g/mol. The molecule has 1 saturated heterocycles. The number of hydrogen-bond donors (Lipinski definition) is 0. The molecule has 0 atom stereocenters. The van der Waals surface area contributed by atoms with Gasteiger partial charge in [-0.1, -0.05) is 5.16 Å². The van der Waals surface area contributed by atoms with Crippen LogP contribution in [0, 0.1) is 13.8 Å². The number of carbonyl (C=O) groups excluding carboxylic acids is 1. The van der Waals surface area contributed by atoms with Crippen molar-refractivity contribution in [1.29, 1.82) is 0 Å². The topological polar surface area (TPSA) is 59.2 Å². The van der Waals surface area contributed by atoms with Gasteiger partial charge in [-0.25, -0.2) is 4.98 Å². The molecule has 100 valence electrons. The lowest BCUT2D eigenvalue weighted by Gasteiger charge is -2.26. The third kappa shape index (κ3) is 2.20. The van der Waals surface area contributed by atoms with E-state index in [4.69, 9.17) is 4.52 Å². The Kier molecular flexibility index (Phi) is 3.18. The van der Waals surface area contributed by atoms with Crippen LogP contribution < -0.4 is 0 Å². The van der Waals surface area contributed by atoms with Crippen LogP contribution >= 0.6 is 11.8 Å². The Morgan fingerprint density at radius 3 is 2.84 bits per heavy atom. The number of nitrogens with zero attached hydrogens (tertiary/aromatic N) is 3. The van der Waals surface area contributed by atoms with Crippen LogP contribution in [-0.4, -0.2) is 45.5 Å². The minimum atomic E-state index is 0.0575. The summed E-state index contributed by atoms with van der Waals surface area (Å²) in [5.41, 5.74) is 2.61. The zero-order valence-electron chi connectivity index (χ0n) is 11.0. The smallest absolute Gasteiger partial charge is 0.258 e. The maximum absolute atomic E-state index is 12.6. The van der Waals surface area contributed by atoms with Gasteiger partial charge in [0, 0.05) is 30.3 Å². The Morgan fingerprint density at radius 2 is 2.11 bits per heavy atom. The first-order valence-corrected chi connectivity index (χ1v) is 7.43. The molecule has 1 aliphatic heterocycles. The standard InChI is InChI=1S/C13H15N3O2S/c1-8-7-10(11-9(2)15-18-12(11)14-8)13(17)16-3-5-19-6-4-16/h7H,3-6H2,1-2H3. The molecule has 3 rings (SSSR count). The van der Waals surface area contributed by atoms with Crippen molar-refractivity contribution in [3.05, 3.63) is 23.0 Å². The van der Waals surface area contributed by atoms with E-state index in [9.17, 15) is 4.79 Å². The minimum Gasteiger partial charge on any atom is -0.337 e. The second-order valence-electron chi connectivity index (χ2n) is 4.66. The summed E-state index contributed by atoms with van der Waals surface area (Å²) in [6.07, 6.45) is 0. The van der Waals surface area contributed by atoms with Gasteiger partial charge in [0.2, 0.25) is 0 Å². The van der Waals surface area contributed by atoms with E-state index < -0.39 is 0 Å². The summed E-state index contributed by atoms with van der Waals surface area (Å²) in [5, 5.41) is 4.66. The van der Waals surface area contributed by atoms with Crippen molar-refractivity contribution < 1.29 is 9.32 Å². The highest BCUT2D eigenvalue weighted by Gasteiger charge is 2.23. The fourth-order valence-electron chi connectivity index (χ4n) is 2.32. The van der Waals surface area contributed by atoms with Gasteiger partial charge in [-0.2, -0.15) is 11.8 Å².